The number of fused-ring (bicyclic) bond motifs is 1. The number of anilines is 1. The molecule has 1 aliphatic heterocycles. The van der Waals surface area contributed by atoms with Crippen LogP contribution < -0.4 is 11.1 Å². The number of amides is 2. The number of nitrogens with two attached hydrogens (primary N) is 1. The summed E-state index contributed by atoms with van der Waals surface area (Å²) in [5.74, 6) is -7.34. The van der Waals surface area contributed by atoms with Gasteiger partial charge >= 0.3 is 12.4 Å². The number of hydrogen-bond acceptors (Lipinski definition) is 6. The van der Waals surface area contributed by atoms with E-state index in [1.54, 1.807) is 0 Å². The van der Waals surface area contributed by atoms with Gasteiger partial charge in [-0.3, -0.25) is 9.59 Å². The van der Waals surface area contributed by atoms with Crippen LogP contribution in [0, 0.1) is 11.6 Å². The zero-order valence-electron chi connectivity index (χ0n) is 19.9. The molecule has 40 heavy (non-hydrogen) atoms. The first kappa shape index (κ1) is 28.9. The van der Waals surface area contributed by atoms with E-state index in [-0.39, 0.29) is 11.8 Å². The van der Waals surface area contributed by atoms with Gasteiger partial charge in [-0.1, -0.05) is 0 Å². The number of hydrogen-bond donors (Lipinski definition) is 3. The molecule has 3 heterocycles. The van der Waals surface area contributed by atoms with E-state index in [9.17, 15) is 49.8 Å². The Morgan fingerprint density at radius 2 is 1.77 bits per heavy atom. The molecule has 3 aromatic rings. The van der Waals surface area contributed by atoms with Crippen molar-refractivity contribution in [2.75, 3.05) is 18.8 Å². The van der Waals surface area contributed by atoms with Gasteiger partial charge in [-0.25, -0.2) is 22.7 Å². The fourth-order valence-electron chi connectivity index (χ4n) is 4.17. The van der Waals surface area contributed by atoms with Crippen molar-refractivity contribution >= 4 is 23.1 Å². The second-order valence-electron chi connectivity index (χ2n) is 9.01. The van der Waals surface area contributed by atoms with Crippen LogP contribution in [0.15, 0.2) is 24.5 Å². The highest BCUT2D eigenvalue weighted by atomic mass is 19.4. The summed E-state index contributed by atoms with van der Waals surface area (Å²) in [5.41, 5.74) is -3.14. The van der Waals surface area contributed by atoms with Crippen molar-refractivity contribution < 1.29 is 54.2 Å². The quantitative estimate of drug-likeness (QED) is 0.405. The number of carbonyl (C=O) groups is 2. The van der Waals surface area contributed by atoms with Gasteiger partial charge in [0.25, 0.3) is 11.8 Å². The van der Waals surface area contributed by atoms with Crippen LogP contribution in [0.3, 0.4) is 0 Å². The second-order valence-corrected chi connectivity index (χ2v) is 9.01. The third kappa shape index (κ3) is 4.75. The first-order valence-corrected chi connectivity index (χ1v) is 11.1. The Kier molecular flexibility index (Phi) is 6.89. The van der Waals surface area contributed by atoms with Gasteiger partial charge in [0.05, 0.1) is 23.8 Å². The molecule has 0 aliphatic carbocycles. The van der Waals surface area contributed by atoms with Crippen LogP contribution in [-0.2, 0) is 11.0 Å². The Bertz CT molecular complexity index is 1500. The molecule has 0 radical (unpaired) electrons. The van der Waals surface area contributed by atoms with Crippen molar-refractivity contribution in [1.82, 2.24) is 24.8 Å². The van der Waals surface area contributed by atoms with Crippen molar-refractivity contribution in [1.29, 1.82) is 0 Å². The molecule has 0 bridgehead atoms. The minimum atomic E-state index is -5.41. The van der Waals surface area contributed by atoms with Crippen molar-refractivity contribution in [3.05, 3.63) is 47.3 Å². The van der Waals surface area contributed by atoms with Crippen LogP contribution in [-0.4, -0.2) is 73.5 Å². The third-order valence-corrected chi connectivity index (χ3v) is 6.30. The maximum absolute atomic E-state index is 15.5. The predicted octanol–water partition coefficient (Wildman–Crippen LogP) is 2.87. The molecular formula is C22H17F9N6O3. The van der Waals surface area contributed by atoms with Crippen molar-refractivity contribution in [3.63, 3.8) is 0 Å². The molecule has 4 N–H and O–H groups in total. The summed E-state index contributed by atoms with van der Waals surface area (Å²) in [5, 5.41) is 15.0. The number of nitrogen functional groups attached to an aromatic ring is 1. The van der Waals surface area contributed by atoms with Crippen molar-refractivity contribution in [3.8, 4) is 11.3 Å². The van der Waals surface area contributed by atoms with Gasteiger partial charge in [0.15, 0.2) is 5.82 Å². The van der Waals surface area contributed by atoms with Crippen molar-refractivity contribution in [2.45, 2.75) is 37.1 Å². The van der Waals surface area contributed by atoms with Gasteiger partial charge in [0.1, 0.15) is 35.2 Å². The Labute approximate surface area is 217 Å². The Balaban J connectivity index is 1.67. The van der Waals surface area contributed by atoms with Gasteiger partial charge in [-0.15, -0.1) is 0 Å². The lowest BCUT2D eigenvalue weighted by Gasteiger charge is -2.29. The molecule has 2 amide bonds. The summed E-state index contributed by atoms with van der Waals surface area (Å²) in [7, 11) is 0. The number of aliphatic hydroxyl groups is 1. The van der Waals surface area contributed by atoms with E-state index in [0.717, 1.165) is 12.4 Å². The van der Waals surface area contributed by atoms with Gasteiger partial charge in [-0.2, -0.15) is 31.4 Å². The normalized spacial score (nSPS) is 19.6. The van der Waals surface area contributed by atoms with Crippen LogP contribution in [0.4, 0.5) is 45.3 Å². The largest absolute Gasteiger partial charge is 0.426 e. The summed E-state index contributed by atoms with van der Waals surface area (Å²) in [6, 6.07) is -0.0401. The first-order valence-electron chi connectivity index (χ1n) is 11.1. The molecule has 3 atom stereocenters. The minimum Gasteiger partial charge on any atom is -0.382 e. The number of halogens is 9. The number of nitrogens with zero attached hydrogens (tertiary/aromatic N) is 4. The summed E-state index contributed by atoms with van der Waals surface area (Å²) >= 11 is 0. The molecule has 0 saturated carbocycles. The molecular weight excluding hydrogens is 567 g/mol. The number of carbonyl (C=O) groups excluding carboxylic acids is 2. The number of alkyl halides is 7. The smallest absolute Gasteiger partial charge is 0.382 e. The van der Waals surface area contributed by atoms with E-state index in [1.165, 1.54) is 0 Å². The van der Waals surface area contributed by atoms with E-state index in [2.05, 4.69) is 10.1 Å². The second kappa shape index (κ2) is 9.53. The first-order chi connectivity index (χ1) is 18.4. The highest BCUT2D eigenvalue weighted by molar-refractivity contribution is 5.97. The number of nitrogens with one attached hydrogen (secondary N) is 1. The SMILES string of the molecule is CC(O)(C(=O)N1C[C@H](F)[C@H](NC(=O)c2c(F)ccc(-c3cc(C(F)(F)F)c4c(N)ncnn34)c2F)C1)C(F)(F)F. The summed E-state index contributed by atoms with van der Waals surface area (Å²) in [6.45, 7) is -1.73. The molecule has 9 nitrogen and oxygen atoms in total. The lowest BCUT2D eigenvalue weighted by atomic mass is 10.0. The summed E-state index contributed by atoms with van der Waals surface area (Å²) in [4.78, 5) is 28.6. The van der Waals surface area contributed by atoms with Crippen LogP contribution in [0.5, 0.6) is 0 Å². The molecule has 216 valence electrons. The van der Waals surface area contributed by atoms with E-state index in [4.69, 9.17) is 5.73 Å². The van der Waals surface area contributed by atoms with Crippen LogP contribution in [0.1, 0.15) is 22.8 Å². The molecule has 1 aliphatic rings. The topological polar surface area (TPSA) is 126 Å². The number of rotatable bonds is 4. The number of aromatic nitrogens is 3. The zero-order chi connectivity index (χ0) is 29.9. The molecule has 1 fully saturated rings. The molecule has 2 aromatic heterocycles. The minimum absolute atomic E-state index is 0.152. The van der Waals surface area contributed by atoms with Crippen LogP contribution in [0.2, 0.25) is 0 Å². The molecule has 0 spiro atoms. The Morgan fingerprint density at radius 1 is 1.12 bits per heavy atom. The molecule has 1 unspecified atom stereocenters. The fourth-order valence-corrected chi connectivity index (χ4v) is 4.17. The lowest BCUT2D eigenvalue weighted by molar-refractivity contribution is -0.249. The molecule has 1 aromatic carbocycles. The highest BCUT2D eigenvalue weighted by Gasteiger charge is 2.58. The Hall–Kier alpha value is -4.09. The lowest BCUT2D eigenvalue weighted by Crippen LogP contribution is -2.56. The number of likely N-dealkylation sites (tertiary alicyclic amines) is 1. The van der Waals surface area contributed by atoms with Crippen LogP contribution >= 0.6 is 0 Å². The molecule has 1 saturated heterocycles. The highest BCUT2D eigenvalue weighted by Crippen LogP contribution is 2.40. The molecule has 4 rings (SSSR count). The van der Waals surface area contributed by atoms with E-state index >= 15 is 4.39 Å². The van der Waals surface area contributed by atoms with E-state index in [0.29, 0.717) is 16.6 Å². The maximum Gasteiger partial charge on any atom is 0.426 e. The van der Waals surface area contributed by atoms with Gasteiger partial charge in [0.2, 0.25) is 5.60 Å². The third-order valence-electron chi connectivity index (χ3n) is 6.30. The van der Waals surface area contributed by atoms with Gasteiger partial charge in [0, 0.05) is 12.1 Å². The van der Waals surface area contributed by atoms with Gasteiger partial charge in [-0.05, 0) is 25.1 Å². The van der Waals surface area contributed by atoms with Gasteiger partial charge < -0.3 is 21.1 Å². The van der Waals surface area contributed by atoms with E-state index in [1.807, 2.05) is 5.32 Å². The fraction of sp³-hybridized carbons (Fsp3) is 0.364. The molecule has 18 heteroatoms. The van der Waals surface area contributed by atoms with Crippen LogP contribution in [0.25, 0.3) is 16.8 Å². The standard InChI is InChI=1S/C22H17F9N6O3/c1-20(40,22(29,30)31)19(39)36-5-11(24)12(6-36)35-18(38)14-10(23)3-2-8(15(14)25)13-4-9(21(26,27)28)16-17(32)33-7-34-37(13)16/h2-4,7,11-12,40H,5-6H2,1H3,(H,35,38)(H2,32,33,34)/t11-,12+,20?/m0/s1. The Morgan fingerprint density at radius 3 is 2.38 bits per heavy atom. The average molecular weight is 584 g/mol. The van der Waals surface area contributed by atoms with Crippen molar-refractivity contribution in [2.24, 2.45) is 0 Å². The monoisotopic (exact) mass is 584 g/mol. The summed E-state index contributed by atoms with van der Waals surface area (Å²) in [6.07, 6.45) is -11.8. The predicted molar refractivity (Wildman–Crippen MR) is 117 cm³/mol. The zero-order valence-corrected chi connectivity index (χ0v) is 19.9. The maximum atomic E-state index is 15.5. The average Bonchev–Trinajstić information content (AvgIpc) is 3.39. The van der Waals surface area contributed by atoms with E-state index < -0.39 is 100 Å². The number of benzene rings is 1. The summed E-state index contributed by atoms with van der Waals surface area (Å²) < 4.78 is 125.